The number of carbonyl (C=O) groups is 1. The van der Waals surface area contributed by atoms with Crippen LogP contribution in [0.2, 0.25) is 0 Å². The fourth-order valence-corrected chi connectivity index (χ4v) is 3.40. The molecule has 118 valence electrons. The molecule has 1 aliphatic rings. The number of hydrogen-bond donors (Lipinski definition) is 2. The van der Waals surface area contributed by atoms with E-state index in [-0.39, 0.29) is 5.91 Å². The molecule has 2 atom stereocenters. The van der Waals surface area contributed by atoms with Gasteiger partial charge in [0.05, 0.1) is 6.61 Å². The van der Waals surface area contributed by atoms with Gasteiger partial charge in [-0.2, -0.15) is 0 Å². The standard InChI is InChI=1S/C15H31N3O2/c1-12(2)18(10-11-20-4)9-7-13-6-5-8-15(13,17-3)14(16)19/h12-13,17H,5-11H2,1-4H3,(H2,16,19). The summed E-state index contributed by atoms with van der Waals surface area (Å²) < 4.78 is 5.17. The molecule has 0 radical (unpaired) electrons. The Morgan fingerprint density at radius 2 is 2.20 bits per heavy atom. The van der Waals surface area contributed by atoms with Crippen molar-refractivity contribution in [2.24, 2.45) is 11.7 Å². The third-order valence-electron chi connectivity index (χ3n) is 4.78. The van der Waals surface area contributed by atoms with Crippen LogP contribution >= 0.6 is 0 Å². The van der Waals surface area contributed by atoms with Gasteiger partial charge in [-0.25, -0.2) is 0 Å². The number of likely N-dealkylation sites (N-methyl/N-ethyl adjacent to an activating group) is 1. The molecule has 0 aromatic heterocycles. The first kappa shape index (κ1) is 17.4. The molecule has 0 bridgehead atoms. The fourth-order valence-electron chi connectivity index (χ4n) is 3.40. The molecule has 0 heterocycles. The molecule has 20 heavy (non-hydrogen) atoms. The minimum Gasteiger partial charge on any atom is -0.383 e. The average molecular weight is 285 g/mol. The van der Waals surface area contributed by atoms with Crippen LogP contribution in [0.1, 0.15) is 39.5 Å². The Morgan fingerprint density at radius 1 is 1.50 bits per heavy atom. The van der Waals surface area contributed by atoms with Gasteiger partial charge >= 0.3 is 0 Å². The van der Waals surface area contributed by atoms with Gasteiger partial charge in [0.25, 0.3) is 0 Å². The molecule has 1 saturated carbocycles. The van der Waals surface area contributed by atoms with E-state index < -0.39 is 5.54 Å². The first-order valence-electron chi connectivity index (χ1n) is 7.69. The Balaban J connectivity index is 2.59. The van der Waals surface area contributed by atoms with Gasteiger partial charge in [0.15, 0.2) is 0 Å². The van der Waals surface area contributed by atoms with E-state index in [9.17, 15) is 4.79 Å². The first-order chi connectivity index (χ1) is 9.47. The Hall–Kier alpha value is -0.650. The Kier molecular flexibility index (Phi) is 6.92. The summed E-state index contributed by atoms with van der Waals surface area (Å²) in [6, 6.07) is 0.490. The number of amides is 1. The lowest BCUT2D eigenvalue weighted by molar-refractivity contribution is -0.125. The van der Waals surface area contributed by atoms with Crippen LogP contribution in [0.25, 0.3) is 0 Å². The number of rotatable bonds is 9. The third-order valence-corrected chi connectivity index (χ3v) is 4.78. The van der Waals surface area contributed by atoms with Gasteiger partial charge < -0.3 is 15.8 Å². The van der Waals surface area contributed by atoms with Gasteiger partial charge in [-0.1, -0.05) is 6.42 Å². The minimum absolute atomic E-state index is 0.199. The zero-order valence-corrected chi connectivity index (χ0v) is 13.4. The third kappa shape index (κ3) is 3.93. The molecule has 1 rings (SSSR count). The van der Waals surface area contributed by atoms with E-state index in [0.717, 1.165) is 45.4 Å². The van der Waals surface area contributed by atoms with Crippen molar-refractivity contribution in [3.63, 3.8) is 0 Å². The molecule has 1 fully saturated rings. The number of carbonyl (C=O) groups excluding carboxylic acids is 1. The van der Waals surface area contributed by atoms with Crippen molar-refractivity contribution in [2.45, 2.75) is 51.1 Å². The van der Waals surface area contributed by atoms with Gasteiger partial charge in [-0.3, -0.25) is 9.69 Å². The van der Waals surface area contributed by atoms with Crippen LogP contribution < -0.4 is 11.1 Å². The quantitative estimate of drug-likeness (QED) is 0.662. The van der Waals surface area contributed by atoms with E-state index in [2.05, 4.69) is 24.1 Å². The molecular weight excluding hydrogens is 254 g/mol. The van der Waals surface area contributed by atoms with Gasteiger partial charge in [0.2, 0.25) is 5.91 Å². The molecule has 0 spiro atoms. The van der Waals surface area contributed by atoms with Crippen molar-refractivity contribution in [3.8, 4) is 0 Å². The molecule has 0 aliphatic heterocycles. The topological polar surface area (TPSA) is 67.6 Å². The van der Waals surface area contributed by atoms with Crippen LogP contribution in [0.15, 0.2) is 0 Å². The zero-order chi connectivity index (χ0) is 15.2. The molecule has 3 N–H and O–H groups in total. The summed E-state index contributed by atoms with van der Waals surface area (Å²) in [5, 5.41) is 3.21. The molecule has 2 unspecified atom stereocenters. The zero-order valence-electron chi connectivity index (χ0n) is 13.4. The SMILES string of the molecule is CNC1(C(N)=O)CCCC1CCN(CCOC)C(C)C. The van der Waals surface area contributed by atoms with E-state index >= 15 is 0 Å². The van der Waals surface area contributed by atoms with E-state index in [0.29, 0.717) is 12.0 Å². The van der Waals surface area contributed by atoms with Crippen LogP contribution in [-0.2, 0) is 9.53 Å². The number of nitrogens with zero attached hydrogens (tertiary/aromatic N) is 1. The van der Waals surface area contributed by atoms with Crippen LogP contribution in [0, 0.1) is 5.92 Å². The molecule has 0 aromatic carbocycles. The van der Waals surface area contributed by atoms with E-state index in [1.165, 1.54) is 0 Å². The van der Waals surface area contributed by atoms with E-state index in [1.807, 2.05) is 7.05 Å². The smallest absolute Gasteiger partial charge is 0.238 e. The predicted molar refractivity (Wildman–Crippen MR) is 81.5 cm³/mol. The molecule has 0 aromatic rings. The summed E-state index contributed by atoms with van der Waals surface area (Å²) in [5.41, 5.74) is 5.15. The maximum Gasteiger partial charge on any atom is 0.238 e. The molecule has 5 nitrogen and oxygen atoms in total. The van der Waals surface area contributed by atoms with Crippen LogP contribution in [0.5, 0.6) is 0 Å². The van der Waals surface area contributed by atoms with Crippen molar-refractivity contribution in [1.82, 2.24) is 10.2 Å². The van der Waals surface area contributed by atoms with Gasteiger partial charge in [0, 0.05) is 19.7 Å². The maximum atomic E-state index is 11.8. The van der Waals surface area contributed by atoms with Crippen molar-refractivity contribution in [2.75, 3.05) is 33.9 Å². The van der Waals surface area contributed by atoms with E-state index in [1.54, 1.807) is 7.11 Å². The normalized spacial score (nSPS) is 26.6. The summed E-state index contributed by atoms with van der Waals surface area (Å²) in [5.74, 6) is 0.143. The lowest BCUT2D eigenvalue weighted by atomic mass is 9.84. The number of primary amides is 1. The molecule has 5 heteroatoms. The number of hydrogen-bond acceptors (Lipinski definition) is 4. The van der Waals surface area contributed by atoms with Crippen LogP contribution in [0.3, 0.4) is 0 Å². The fraction of sp³-hybridized carbons (Fsp3) is 0.933. The summed E-state index contributed by atoms with van der Waals surface area (Å²) >= 11 is 0. The lowest BCUT2D eigenvalue weighted by Crippen LogP contribution is -2.57. The number of nitrogens with two attached hydrogens (primary N) is 1. The average Bonchev–Trinajstić information content (AvgIpc) is 2.82. The van der Waals surface area contributed by atoms with Gasteiger partial charge in [0.1, 0.15) is 5.54 Å². The molecular formula is C15H31N3O2. The maximum absolute atomic E-state index is 11.8. The number of nitrogens with one attached hydrogen (secondary N) is 1. The molecule has 1 aliphatic carbocycles. The minimum atomic E-state index is -0.496. The Labute approximate surface area is 123 Å². The Bertz CT molecular complexity index is 309. The molecule has 0 saturated heterocycles. The summed E-state index contributed by atoms with van der Waals surface area (Å²) in [6.45, 7) is 7.07. The van der Waals surface area contributed by atoms with Crippen molar-refractivity contribution < 1.29 is 9.53 Å². The number of ether oxygens (including phenoxy) is 1. The molecule has 1 amide bonds. The monoisotopic (exact) mass is 285 g/mol. The van der Waals surface area contributed by atoms with Crippen molar-refractivity contribution in [3.05, 3.63) is 0 Å². The second-order valence-electron chi connectivity index (χ2n) is 6.09. The largest absolute Gasteiger partial charge is 0.383 e. The first-order valence-corrected chi connectivity index (χ1v) is 7.69. The van der Waals surface area contributed by atoms with E-state index in [4.69, 9.17) is 10.5 Å². The Morgan fingerprint density at radius 3 is 2.70 bits per heavy atom. The highest BCUT2D eigenvalue weighted by molar-refractivity contribution is 5.85. The predicted octanol–water partition coefficient (Wildman–Crippen LogP) is 0.977. The van der Waals surface area contributed by atoms with Gasteiger partial charge in [-0.05, 0) is 52.6 Å². The van der Waals surface area contributed by atoms with Crippen molar-refractivity contribution in [1.29, 1.82) is 0 Å². The summed E-state index contributed by atoms with van der Waals surface area (Å²) in [4.78, 5) is 14.2. The lowest BCUT2D eigenvalue weighted by Gasteiger charge is -2.34. The van der Waals surface area contributed by atoms with Crippen LogP contribution in [-0.4, -0.2) is 56.2 Å². The second-order valence-corrected chi connectivity index (χ2v) is 6.09. The van der Waals surface area contributed by atoms with Crippen LogP contribution in [0.4, 0.5) is 0 Å². The second kappa shape index (κ2) is 7.96. The summed E-state index contributed by atoms with van der Waals surface area (Å²) in [7, 11) is 3.59. The highest BCUT2D eigenvalue weighted by atomic mass is 16.5. The van der Waals surface area contributed by atoms with Gasteiger partial charge in [-0.15, -0.1) is 0 Å². The highest BCUT2D eigenvalue weighted by Crippen LogP contribution is 2.37. The highest BCUT2D eigenvalue weighted by Gasteiger charge is 2.46. The number of methoxy groups -OCH3 is 1. The summed E-state index contributed by atoms with van der Waals surface area (Å²) in [6.07, 6.45) is 4.03. The van der Waals surface area contributed by atoms with Crippen molar-refractivity contribution >= 4 is 5.91 Å².